The fourth-order valence-electron chi connectivity index (χ4n) is 4.05. The third-order valence-corrected chi connectivity index (χ3v) is 7.20. The molecule has 0 saturated carbocycles. The first kappa shape index (κ1) is 19.5. The molecule has 0 aromatic heterocycles. The highest BCUT2D eigenvalue weighted by atomic mass is 35.5. The van der Waals surface area contributed by atoms with E-state index >= 15 is 0 Å². The first-order valence-electron chi connectivity index (χ1n) is 9.18. The van der Waals surface area contributed by atoms with E-state index in [1.807, 2.05) is 48.5 Å². The Hall–Kier alpha value is -1.77. The Kier molecular flexibility index (Phi) is 5.80. The van der Waals surface area contributed by atoms with Gasteiger partial charge in [-0.25, -0.2) is 14.0 Å². The second kappa shape index (κ2) is 8.31. The minimum atomic E-state index is -1.52. The number of halogens is 1. The Bertz CT molecular complexity index is 875. The first-order chi connectivity index (χ1) is 13.6. The normalized spacial score (nSPS) is 25.9. The van der Waals surface area contributed by atoms with Gasteiger partial charge in [0.05, 0.1) is 11.0 Å². The maximum Gasteiger partial charge on any atom is 0.262 e. The molecule has 28 heavy (non-hydrogen) atoms. The summed E-state index contributed by atoms with van der Waals surface area (Å²) in [4.78, 5) is 12.9. The van der Waals surface area contributed by atoms with Crippen molar-refractivity contribution in [3.63, 3.8) is 0 Å². The second-order valence-corrected chi connectivity index (χ2v) is 8.87. The predicted octanol–water partition coefficient (Wildman–Crippen LogP) is 3.01. The zero-order valence-electron chi connectivity index (χ0n) is 15.1. The van der Waals surface area contributed by atoms with Gasteiger partial charge in [-0.15, -0.1) is 0 Å². The standard InChI is InChI=1S/C20H21ClN2O4S/c21-15-5-1-13(2-6-15)14-3-7-16(8-4-14)28(26)23-11-9-18-17(10-12-27-18)19(23)20(24)22-25/h1-8,17-19,25H,9-12H2,(H,22,24)/t17?,18?,19-,28?/m0/s1. The van der Waals surface area contributed by atoms with Crippen molar-refractivity contribution in [2.45, 2.75) is 29.9 Å². The monoisotopic (exact) mass is 420 g/mol. The van der Waals surface area contributed by atoms with Gasteiger partial charge in [-0.3, -0.25) is 10.0 Å². The van der Waals surface area contributed by atoms with Crippen LogP contribution in [0.2, 0.25) is 5.02 Å². The molecular formula is C20H21ClN2O4S. The molecule has 4 atom stereocenters. The summed E-state index contributed by atoms with van der Waals surface area (Å²) in [6, 6.07) is 14.3. The molecule has 2 fully saturated rings. The number of amides is 1. The Morgan fingerprint density at radius 1 is 1.11 bits per heavy atom. The van der Waals surface area contributed by atoms with Crippen LogP contribution in [0.4, 0.5) is 0 Å². The lowest BCUT2D eigenvalue weighted by atomic mass is 9.87. The molecule has 2 aromatic carbocycles. The molecule has 6 nitrogen and oxygen atoms in total. The van der Waals surface area contributed by atoms with E-state index in [1.54, 1.807) is 9.79 Å². The van der Waals surface area contributed by atoms with Crippen LogP contribution in [0.3, 0.4) is 0 Å². The maximum atomic E-state index is 13.2. The molecule has 148 valence electrons. The van der Waals surface area contributed by atoms with Crippen LogP contribution < -0.4 is 5.48 Å². The highest BCUT2D eigenvalue weighted by Gasteiger charge is 2.47. The van der Waals surface area contributed by atoms with Crippen molar-refractivity contribution in [1.82, 2.24) is 9.79 Å². The number of rotatable bonds is 4. The number of hydrogen-bond donors (Lipinski definition) is 2. The van der Waals surface area contributed by atoms with Crippen molar-refractivity contribution in [3.05, 3.63) is 53.6 Å². The maximum absolute atomic E-state index is 13.2. The minimum Gasteiger partial charge on any atom is -0.378 e. The van der Waals surface area contributed by atoms with Crippen molar-refractivity contribution < 1.29 is 18.9 Å². The van der Waals surface area contributed by atoms with Crippen molar-refractivity contribution in [2.24, 2.45) is 5.92 Å². The van der Waals surface area contributed by atoms with Gasteiger partial charge in [0.1, 0.15) is 17.0 Å². The molecule has 2 saturated heterocycles. The lowest BCUT2D eigenvalue weighted by Gasteiger charge is -2.39. The Balaban J connectivity index is 1.57. The third-order valence-electron chi connectivity index (χ3n) is 5.44. The largest absolute Gasteiger partial charge is 0.378 e. The van der Waals surface area contributed by atoms with Crippen LogP contribution in [0.5, 0.6) is 0 Å². The van der Waals surface area contributed by atoms with Crippen LogP contribution in [0, 0.1) is 5.92 Å². The van der Waals surface area contributed by atoms with E-state index in [9.17, 15) is 14.2 Å². The van der Waals surface area contributed by atoms with Crippen molar-refractivity contribution in [3.8, 4) is 11.1 Å². The number of fused-ring (bicyclic) bond motifs is 1. The van der Waals surface area contributed by atoms with Gasteiger partial charge in [-0.1, -0.05) is 35.9 Å². The molecule has 4 rings (SSSR count). The third kappa shape index (κ3) is 3.73. The molecule has 2 aromatic rings. The highest BCUT2D eigenvalue weighted by Crippen LogP contribution is 2.36. The van der Waals surface area contributed by atoms with E-state index in [1.165, 1.54) is 0 Å². The molecule has 8 heteroatoms. The summed E-state index contributed by atoms with van der Waals surface area (Å²) in [5, 5.41) is 9.86. The molecule has 3 unspecified atom stereocenters. The fourth-order valence-corrected chi connectivity index (χ4v) is 5.54. The van der Waals surface area contributed by atoms with Gasteiger partial charge in [-0.05, 0) is 48.2 Å². The van der Waals surface area contributed by atoms with Gasteiger partial charge in [0, 0.05) is 24.1 Å². The van der Waals surface area contributed by atoms with E-state index in [0.717, 1.165) is 11.1 Å². The van der Waals surface area contributed by atoms with E-state index in [4.69, 9.17) is 16.3 Å². The van der Waals surface area contributed by atoms with Gasteiger partial charge in [0.25, 0.3) is 5.91 Å². The zero-order valence-corrected chi connectivity index (χ0v) is 16.7. The lowest BCUT2D eigenvalue weighted by Crippen LogP contribution is -2.56. The molecular weight excluding hydrogens is 400 g/mol. The van der Waals surface area contributed by atoms with E-state index in [2.05, 4.69) is 0 Å². The second-order valence-electron chi connectivity index (χ2n) is 6.99. The quantitative estimate of drug-likeness (QED) is 0.588. The molecule has 0 aliphatic carbocycles. The number of ether oxygens (including phenoxy) is 1. The van der Waals surface area contributed by atoms with Crippen LogP contribution in [0.15, 0.2) is 53.4 Å². The SMILES string of the molecule is O=C(NO)[C@@H]1C2CCOC2CCN1S(=O)c1ccc(-c2ccc(Cl)cc2)cc1. The van der Waals surface area contributed by atoms with Gasteiger partial charge in [0.2, 0.25) is 0 Å². The van der Waals surface area contributed by atoms with E-state index in [0.29, 0.717) is 35.9 Å². The number of nitrogens with zero attached hydrogens (tertiary/aromatic N) is 1. The summed E-state index contributed by atoms with van der Waals surface area (Å²) in [7, 11) is -1.52. The van der Waals surface area contributed by atoms with E-state index in [-0.39, 0.29) is 12.0 Å². The number of hydroxylamine groups is 1. The molecule has 2 aliphatic heterocycles. The average Bonchev–Trinajstić information content (AvgIpc) is 3.21. The van der Waals surface area contributed by atoms with Crippen LogP contribution in [0.25, 0.3) is 11.1 Å². The van der Waals surface area contributed by atoms with Crippen molar-refractivity contribution in [2.75, 3.05) is 13.2 Å². The van der Waals surface area contributed by atoms with Gasteiger partial charge in [0.15, 0.2) is 0 Å². The van der Waals surface area contributed by atoms with Crippen LogP contribution in [-0.2, 0) is 20.5 Å². The molecule has 2 heterocycles. The number of hydrogen-bond acceptors (Lipinski definition) is 4. The minimum absolute atomic E-state index is 0.0252. The van der Waals surface area contributed by atoms with Crippen LogP contribution >= 0.6 is 11.6 Å². The summed E-state index contributed by atoms with van der Waals surface area (Å²) in [5.41, 5.74) is 3.74. The number of carbonyl (C=O) groups is 1. The van der Waals surface area contributed by atoms with Crippen molar-refractivity contribution >= 4 is 28.5 Å². The lowest BCUT2D eigenvalue weighted by molar-refractivity contribution is -0.137. The topological polar surface area (TPSA) is 78.9 Å². The Morgan fingerprint density at radius 3 is 2.39 bits per heavy atom. The first-order valence-corrected chi connectivity index (χ1v) is 10.7. The molecule has 2 N–H and O–H groups in total. The van der Waals surface area contributed by atoms with Gasteiger partial charge >= 0.3 is 0 Å². The Morgan fingerprint density at radius 2 is 1.75 bits per heavy atom. The number of carbonyl (C=O) groups excluding carboxylic acids is 1. The van der Waals surface area contributed by atoms with E-state index < -0.39 is 22.9 Å². The number of benzene rings is 2. The average molecular weight is 421 g/mol. The smallest absolute Gasteiger partial charge is 0.262 e. The summed E-state index contributed by atoms with van der Waals surface area (Å²) < 4.78 is 20.6. The Labute approximate surface area is 171 Å². The molecule has 2 aliphatic rings. The van der Waals surface area contributed by atoms with Gasteiger partial charge in [-0.2, -0.15) is 0 Å². The van der Waals surface area contributed by atoms with Gasteiger partial charge < -0.3 is 4.74 Å². The molecule has 0 radical (unpaired) electrons. The number of nitrogens with one attached hydrogen (secondary N) is 1. The molecule has 0 bridgehead atoms. The van der Waals surface area contributed by atoms with Crippen molar-refractivity contribution in [1.29, 1.82) is 0 Å². The fraction of sp³-hybridized carbons (Fsp3) is 0.350. The summed E-state index contributed by atoms with van der Waals surface area (Å²) >= 11 is 5.94. The predicted molar refractivity (Wildman–Crippen MR) is 106 cm³/mol. The van der Waals surface area contributed by atoms with Crippen LogP contribution in [0.1, 0.15) is 12.8 Å². The molecule has 1 amide bonds. The number of piperidine rings is 1. The zero-order chi connectivity index (χ0) is 19.7. The van der Waals surface area contributed by atoms with Crippen LogP contribution in [-0.4, -0.2) is 44.9 Å². The summed E-state index contributed by atoms with van der Waals surface area (Å²) in [6.07, 6.45) is 1.41. The molecule has 0 spiro atoms. The highest BCUT2D eigenvalue weighted by molar-refractivity contribution is 7.82. The summed E-state index contributed by atoms with van der Waals surface area (Å²) in [5.74, 6) is -0.607. The summed E-state index contributed by atoms with van der Waals surface area (Å²) in [6.45, 7) is 1.05.